The van der Waals surface area contributed by atoms with Crippen molar-refractivity contribution in [1.29, 1.82) is 0 Å². The minimum atomic E-state index is -0.632. The summed E-state index contributed by atoms with van der Waals surface area (Å²) in [5, 5.41) is 12.6. The van der Waals surface area contributed by atoms with Crippen LogP contribution in [0.15, 0.2) is 30.3 Å². The number of para-hydroxylation sites is 1. The van der Waals surface area contributed by atoms with Crippen LogP contribution in [0.25, 0.3) is 10.9 Å². The van der Waals surface area contributed by atoms with Gasteiger partial charge >= 0.3 is 12.0 Å². The molecule has 4 amide bonds. The fraction of sp³-hybridized carbons (Fsp3) is 0.536. The molecule has 216 valence electrons. The van der Waals surface area contributed by atoms with Gasteiger partial charge in [0.1, 0.15) is 17.0 Å². The first-order valence-corrected chi connectivity index (χ1v) is 14.6. The molecule has 0 saturated carbocycles. The second-order valence-electron chi connectivity index (χ2n) is 10.9. The number of fused-ring (bicyclic) bond motifs is 2. The molecule has 11 nitrogen and oxygen atoms in total. The first kappa shape index (κ1) is 29.4. The molecule has 3 atom stereocenters. The Balaban J connectivity index is 1.18. The van der Waals surface area contributed by atoms with E-state index in [-0.39, 0.29) is 42.9 Å². The zero-order valence-electron chi connectivity index (χ0n) is 23.1. The number of nitrogens with one attached hydrogen (secondary N) is 4. The van der Waals surface area contributed by atoms with E-state index in [2.05, 4.69) is 26.3 Å². The molecule has 40 heavy (non-hydrogen) atoms. The lowest BCUT2D eigenvalue weighted by atomic mass is 10.0. The fourth-order valence-electron chi connectivity index (χ4n) is 4.72. The smallest absolute Gasteiger partial charge is 0.344 e. The van der Waals surface area contributed by atoms with Gasteiger partial charge in [-0.25, -0.2) is 14.6 Å². The Morgan fingerprint density at radius 3 is 2.67 bits per heavy atom. The van der Waals surface area contributed by atoms with Gasteiger partial charge in [-0.05, 0) is 45.7 Å². The molecule has 2 aromatic rings. The summed E-state index contributed by atoms with van der Waals surface area (Å²) in [7, 11) is 0. The maximum atomic E-state index is 12.8. The molecule has 0 spiro atoms. The van der Waals surface area contributed by atoms with E-state index in [0.29, 0.717) is 34.9 Å². The first-order valence-electron chi connectivity index (χ1n) is 13.6. The largest absolute Gasteiger partial charge is 0.481 e. The highest BCUT2D eigenvalue weighted by Crippen LogP contribution is 2.33. The van der Waals surface area contributed by atoms with E-state index in [9.17, 15) is 19.2 Å². The molecule has 0 unspecified atom stereocenters. The molecule has 4 rings (SSSR count). The lowest BCUT2D eigenvalue weighted by Gasteiger charge is -2.19. The molecule has 2 aliphatic heterocycles. The molecule has 0 bridgehead atoms. The van der Waals surface area contributed by atoms with Gasteiger partial charge in [0, 0.05) is 42.0 Å². The lowest BCUT2D eigenvalue weighted by molar-refractivity contribution is -0.157. The monoisotopic (exact) mass is 571 g/mol. The number of thioether (sulfide) groups is 1. The van der Waals surface area contributed by atoms with Crippen LogP contribution in [0, 0.1) is 0 Å². The van der Waals surface area contributed by atoms with E-state index >= 15 is 0 Å². The third kappa shape index (κ3) is 8.23. The van der Waals surface area contributed by atoms with Crippen molar-refractivity contribution >= 4 is 46.5 Å². The molecule has 3 heterocycles. The fourth-order valence-corrected chi connectivity index (χ4v) is 6.26. The topological polar surface area (TPSA) is 148 Å². The highest BCUT2D eigenvalue weighted by atomic mass is 32.2. The van der Waals surface area contributed by atoms with Gasteiger partial charge in [0.2, 0.25) is 5.91 Å². The van der Waals surface area contributed by atoms with Crippen molar-refractivity contribution in [3.8, 4) is 5.75 Å². The molecule has 2 saturated heterocycles. The van der Waals surface area contributed by atoms with Crippen LogP contribution < -0.4 is 26.0 Å². The van der Waals surface area contributed by atoms with Crippen LogP contribution in [-0.4, -0.2) is 77.2 Å². The predicted octanol–water partition coefficient (Wildman–Crippen LogP) is 2.53. The number of ether oxygens (including phenoxy) is 2. The molecule has 12 heteroatoms. The van der Waals surface area contributed by atoms with Gasteiger partial charge in [-0.15, -0.1) is 0 Å². The number of esters is 1. The Hall–Kier alpha value is -3.54. The summed E-state index contributed by atoms with van der Waals surface area (Å²) in [4.78, 5) is 53.0. The Bertz CT molecular complexity index is 1250. The minimum absolute atomic E-state index is 0.0660. The minimum Gasteiger partial charge on any atom is -0.481 e. The quantitative estimate of drug-likeness (QED) is 0.173. The van der Waals surface area contributed by atoms with E-state index in [1.807, 2.05) is 17.8 Å². The van der Waals surface area contributed by atoms with Gasteiger partial charge in [-0.3, -0.25) is 9.59 Å². The molecule has 2 fully saturated rings. The summed E-state index contributed by atoms with van der Waals surface area (Å²) in [6.45, 7) is 5.56. The molecule has 2 aliphatic rings. The maximum Gasteiger partial charge on any atom is 0.344 e. The van der Waals surface area contributed by atoms with Crippen LogP contribution in [0.2, 0.25) is 0 Å². The maximum absolute atomic E-state index is 12.8. The molecule has 1 aromatic heterocycles. The van der Waals surface area contributed by atoms with Gasteiger partial charge in [-0.1, -0.05) is 18.6 Å². The average molecular weight is 572 g/mol. The molecule has 0 aliphatic carbocycles. The van der Waals surface area contributed by atoms with Crippen LogP contribution in [0.5, 0.6) is 5.75 Å². The normalized spacial score (nSPS) is 19.9. The number of hydrogen-bond donors (Lipinski definition) is 4. The zero-order chi connectivity index (χ0) is 28.7. The van der Waals surface area contributed by atoms with Crippen molar-refractivity contribution in [3.63, 3.8) is 0 Å². The van der Waals surface area contributed by atoms with Crippen molar-refractivity contribution in [1.82, 2.24) is 26.3 Å². The number of unbranched alkanes of at least 4 members (excludes halogenated alkanes) is 1. The summed E-state index contributed by atoms with van der Waals surface area (Å²) >= 11 is 1.87. The van der Waals surface area contributed by atoms with Gasteiger partial charge in [0.05, 0.1) is 17.6 Å². The Kier molecular flexibility index (Phi) is 9.72. The van der Waals surface area contributed by atoms with E-state index in [1.54, 1.807) is 39.0 Å². The highest BCUT2D eigenvalue weighted by Gasteiger charge is 2.42. The number of carbonyl (C=O) groups is 4. The second kappa shape index (κ2) is 13.2. The van der Waals surface area contributed by atoms with E-state index < -0.39 is 17.5 Å². The van der Waals surface area contributed by atoms with E-state index in [1.165, 1.54) is 6.07 Å². The number of urea groups is 1. The number of carbonyl (C=O) groups excluding carboxylic acids is 4. The van der Waals surface area contributed by atoms with Gasteiger partial charge in [0.15, 0.2) is 6.61 Å². The summed E-state index contributed by atoms with van der Waals surface area (Å²) in [6.07, 6.45) is 3.04. The first-order chi connectivity index (χ1) is 19.1. The van der Waals surface area contributed by atoms with Crippen LogP contribution >= 0.6 is 11.8 Å². The summed E-state index contributed by atoms with van der Waals surface area (Å²) in [5.41, 5.74) is 0.0681. The molecular weight excluding hydrogens is 534 g/mol. The van der Waals surface area contributed by atoms with E-state index in [0.717, 1.165) is 25.0 Å². The number of nitrogens with zero attached hydrogens (tertiary/aromatic N) is 1. The van der Waals surface area contributed by atoms with Crippen LogP contribution in [0.1, 0.15) is 56.9 Å². The predicted molar refractivity (Wildman–Crippen MR) is 152 cm³/mol. The van der Waals surface area contributed by atoms with Crippen molar-refractivity contribution in [2.45, 2.75) is 69.4 Å². The van der Waals surface area contributed by atoms with Crippen LogP contribution in [0.4, 0.5) is 4.79 Å². The number of hydrogen-bond acceptors (Lipinski definition) is 8. The van der Waals surface area contributed by atoms with Crippen molar-refractivity contribution in [3.05, 3.63) is 36.0 Å². The van der Waals surface area contributed by atoms with Crippen molar-refractivity contribution in [2.75, 3.05) is 25.4 Å². The number of benzene rings is 1. The second-order valence-corrected chi connectivity index (χ2v) is 12.1. The molecule has 0 radical (unpaired) electrons. The van der Waals surface area contributed by atoms with Crippen molar-refractivity contribution in [2.24, 2.45) is 0 Å². The van der Waals surface area contributed by atoms with Gasteiger partial charge < -0.3 is 30.7 Å². The standard InChI is InChI=1S/C28H37N5O6S/c1-28(2,3)39-24(35)15-38-21-14-19(31-18-9-5-4-8-17(18)21)26(36)30-13-12-29-23(34)11-7-6-10-22-25-20(16-40-22)32-27(37)33-25/h4-5,8-9,14,20,22,25H,6-7,10-13,15-16H2,1-3H3,(H,29,34)(H,30,36)(H2,32,33,37)/t20-,22-,25-/m0/s1. The van der Waals surface area contributed by atoms with Gasteiger partial charge in [0.25, 0.3) is 5.91 Å². The average Bonchev–Trinajstić information content (AvgIpc) is 3.45. The Morgan fingerprint density at radius 1 is 1.10 bits per heavy atom. The third-order valence-electron chi connectivity index (χ3n) is 6.49. The Morgan fingerprint density at radius 2 is 1.88 bits per heavy atom. The van der Waals surface area contributed by atoms with Gasteiger partial charge in [-0.2, -0.15) is 11.8 Å². The SMILES string of the molecule is CC(C)(C)OC(=O)COc1cc(C(=O)NCCNC(=O)CCCC[C@@H]2SC[C@@H]3NC(=O)N[C@@H]32)nc2ccccc12. The zero-order valence-corrected chi connectivity index (χ0v) is 23.9. The number of aromatic nitrogens is 1. The van der Waals surface area contributed by atoms with Crippen LogP contribution in [-0.2, 0) is 14.3 Å². The number of pyridine rings is 1. The molecule has 4 N–H and O–H groups in total. The highest BCUT2D eigenvalue weighted by molar-refractivity contribution is 8.00. The third-order valence-corrected chi connectivity index (χ3v) is 8.00. The summed E-state index contributed by atoms with van der Waals surface area (Å²) in [5.74, 6) is 0.288. The molecular formula is C28H37N5O6S. The summed E-state index contributed by atoms with van der Waals surface area (Å²) in [6, 6.07) is 8.99. The number of rotatable bonds is 12. The Labute approximate surface area is 237 Å². The van der Waals surface area contributed by atoms with E-state index in [4.69, 9.17) is 9.47 Å². The summed E-state index contributed by atoms with van der Waals surface area (Å²) < 4.78 is 11.0. The number of amides is 4. The van der Waals surface area contributed by atoms with Crippen LogP contribution in [0.3, 0.4) is 0 Å². The molecule has 1 aromatic carbocycles. The van der Waals surface area contributed by atoms with Crippen molar-refractivity contribution < 1.29 is 28.7 Å². The lowest BCUT2D eigenvalue weighted by Crippen LogP contribution is -2.36.